The molecule has 0 saturated heterocycles. The Bertz CT molecular complexity index is 458. The van der Waals surface area contributed by atoms with Gasteiger partial charge in [-0.05, 0) is 77.0 Å². The van der Waals surface area contributed by atoms with Crippen molar-refractivity contribution in [1.29, 1.82) is 0 Å². The third-order valence-electron chi connectivity index (χ3n) is 5.60. The molecule has 138 valence electrons. The van der Waals surface area contributed by atoms with E-state index in [1.165, 1.54) is 0 Å². The van der Waals surface area contributed by atoms with Gasteiger partial charge in [0.25, 0.3) is 0 Å². The summed E-state index contributed by atoms with van der Waals surface area (Å²) in [6.07, 6.45) is 4.77. The summed E-state index contributed by atoms with van der Waals surface area (Å²) in [7, 11) is 0. The van der Waals surface area contributed by atoms with Gasteiger partial charge < -0.3 is 9.47 Å². The molecule has 3 aliphatic carbocycles. The average molecular weight is 338 g/mol. The molecule has 24 heavy (non-hydrogen) atoms. The number of carbonyl (C=O) groups is 2. The van der Waals surface area contributed by atoms with Crippen LogP contribution in [0.1, 0.15) is 73.6 Å². The highest BCUT2D eigenvalue weighted by Crippen LogP contribution is 2.60. The van der Waals surface area contributed by atoms with Crippen molar-refractivity contribution >= 4 is 11.9 Å². The maximum atomic E-state index is 13.0. The van der Waals surface area contributed by atoms with E-state index in [1.807, 2.05) is 27.7 Å². The average Bonchev–Trinajstić information content (AvgIpc) is 2.44. The van der Waals surface area contributed by atoms with Crippen LogP contribution in [-0.2, 0) is 19.1 Å². The smallest absolute Gasteiger partial charge is 0.310 e. The van der Waals surface area contributed by atoms with Crippen LogP contribution >= 0.6 is 0 Å². The quantitative estimate of drug-likeness (QED) is 0.675. The van der Waals surface area contributed by atoms with Crippen LogP contribution in [0, 0.1) is 29.1 Å². The summed E-state index contributed by atoms with van der Waals surface area (Å²) in [6.45, 7) is 11.9. The van der Waals surface area contributed by atoms with Crippen molar-refractivity contribution in [2.45, 2.75) is 85.9 Å². The lowest BCUT2D eigenvalue weighted by Gasteiger charge is -2.55. The molecule has 0 heterocycles. The van der Waals surface area contributed by atoms with E-state index in [1.54, 1.807) is 0 Å². The Morgan fingerprint density at radius 1 is 0.917 bits per heavy atom. The number of esters is 2. The highest BCUT2D eigenvalue weighted by molar-refractivity contribution is 5.84. The topological polar surface area (TPSA) is 52.6 Å². The van der Waals surface area contributed by atoms with Gasteiger partial charge in [0.15, 0.2) is 0 Å². The molecule has 0 aromatic rings. The molecule has 4 nitrogen and oxygen atoms in total. The SMILES string of the molecule is CC(C)CC12CCC(CC1)C(C(=O)OC(C)C)C2C(=O)OC(C)C. The Morgan fingerprint density at radius 3 is 1.88 bits per heavy atom. The number of ether oxygens (including phenoxy) is 2. The van der Waals surface area contributed by atoms with Gasteiger partial charge in [-0.1, -0.05) is 13.8 Å². The molecule has 3 aliphatic rings. The number of fused-ring (bicyclic) bond motifs is 3. The summed E-state index contributed by atoms with van der Waals surface area (Å²) in [5.74, 6) is -0.319. The van der Waals surface area contributed by atoms with E-state index in [2.05, 4.69) is 13.8 Å². The first-order valence-electron chi connectivity index (χ1n) is 9.57. The number of hydrogen-bond donors (Lipinski definition) is 0. The Kier molecular flexibility index (Phi) is 5.98. The van der Waals surface area contributed by atoms with Crippen molar-refractivity contribution in [1.82, 2.24) is 0 Å². The third-order valence-corrected chi connectivity index (χ3v) is 5.60. The highest BCUT2D eigenvalue weighted by atomic mass is 16.6. The minimum absolute atomic E-state index is 0.102. The van der Waals surface area contributed by atoms with Crippen LogP contribution < -0.4 is 0 Å². The van der Waals surface area contributed by atoms with Gasteiger partial charge >= 0.3 is 11.9 Å². The van der Waals surface area contributed by atoms with Gasteiger partial charge in [0.2, 0.25) is 0 Å². The van der Waals surface area contributed by atoms with Crippen molar-refractivity contribution in [3.8, 4) is 0 Å². The first kappa shape index (κ1) is 19.3. The van der Waals surface area contributed by atoms with Crippen LogP contribution in [0.2, 0.25) is 0 Å². The lowest BCUT2D eigenvalue weighted by Crippen LogP contribution is -2.55. The minimum atomic E-state index is -0.346. The molecule has 2 unspecified atom stereocenters. The summed E-state index contributed by atoms with van der Waals surface area (Å²) in [4.78, 5) is 25.8. The Balaban J connectivity index is 2.36. The van der Waals surface area contributed by atoms with Crippen LogP contribution in [-0.4, -0.2) is 24.1 Å². The number of hydrogen-bond acceptors (Lipinski definition) is 4. The van der Waals surface area contributed by atoms with Crippen LogP contribution in [0.15, 0.2) is 0 Å². The summed E-state index contributed by atoms with van der Waals surface area (Å²) >= 11 is 0. The summed E-state index contributed by atoms with van der Waals surface area (Å²) < 4.78 is 11.1. The second-order valence-electron chi connectivity index (χ2n) is 8.77. The molecule has 0 amide bonds. The standard InChI is InChI=1S/C20H34O4/c1-12(2)11-20-9-7-15(8-10-20)16(18(21)23-13(3)4)17(20)19(22)24-14(5)6/h12-17H,7-11H2,1-6H3. The fraction of sp³-hybridized carbons (Fsp3) is 0.900. The molecule has 3 rings (SSSR count). The van der Waals surface area contributed by atoms with E-state index in [0.717, 1.165) is 32.1 Å². The molecule has 4 heteroatoms. The Labute approximate surface area is 146 Å². The van der Waals surface area contributed by atoms with E-state index in [-0.39, 0.29) is 47.3 Å². The maximum absolute atomic E-state index is 13.0. The van der Waals surface area contributed by atoms with Gasteiger partial charge in [0, 0.05) is 0 Å². The van der Waals surface area contributed by atoms with Gasteiger partial charge in [-0.15, -0.1) is 0 Å². The van der Waals surface area contributed by atoms with Gasteiger partial charge in [0.1, 0.15) is 0 Å². The van der Waals surface area contributed by atoms with E-state index in [9.17, 15) is 9.59 Å². The molecule has 0 aliphatic heterocycles. The van der Waals surface area contributed by atoms with Crippen LogP contribution in [0.5, 0.6) is 0 Å². The fourth-order valence-electron chi connectivity index (χ4n) is 5.02. The van der Waals surface area contributed by atoms with E-state index in [4.69, 9.17) is 9.47 Å². The molecule has 0 N–H and O–H groups in total. The third kappa shape index (κ3) is 3.94. The largest absolute Gasteiger partial charge is 0.463 e. The highest BCUT2D eigenvalue weighted by Gasteiger charge is 2.59. The van der Waals surface area contributed by atoms with Crippen LogP contribution in [0.3, 0.4) is 0 Å². The Morgan fingerprint density at radius 2 is 1.42 bits per heavy atom. The van der Waals surface area contributed by atoms with E-state index >= 15 is 0 Å². The fourth-order valence-corrected chi connectivity index (χ4v) is 5.02. The zero-order valence-corrected chi connectivity index (χ0v) is 16.1. The lowest BCUT2D eigenvalue weighted by molar-refractivity contribution is -0.188. The molecule has 0 spiro atoms. The van der Waals surface area contributed by atoms with Crippen molar-refractivity contribution in [3.63, 3.8) is 0 Å². The predicted octanol–water partition coefficient (Wildman–Crippen LogP) is 4.36. The molecular weight excluding hydrogens is 304 g/mol. The molecule has 3 fully saturated rings. The minimum Gasteiger partial charge on any atom is -0.463 e. The maximum Gasteiger partial charge on any atom is 0.310 e. The summed E-state index contributed by atoms with van der Waals surface area (Å²) in [5.41, 5.74) is -0.102. The molecular formula is C20H34O4. The number of carbonyl (C=O) groups excluding carboxylic acids is 2. The van der Waals surface area contributed by atoms with E-state index in [0.29, 0.717) is 5.92 Å². The molecule has 0 radical (unpaired) electrons. The second kappa shape index (κ2) is 7.45. The van der Waals surface area contributed by atoms with Crippen molar-refractivity contribution < 1.29 is 19.1 Å². The molecule has 0 aromatic heterocycles. The van der Waals surface area contributed by atoms with Crippen LogP contribution in [0.4, 0.5) is 0 Å². The summed E-state index contributed by atoms with van der Waals surface area (Å²) in [6, 6.07) is 0. The van der Waals surface area contributed by atoms with E-state index < -0.39 is 0 Å². The van der Waals surface area contributed by atoms with Crippen molar-refractivity contribution in [3.05, 3.63) is 0 Å². The zero-order valence-electron chi connectivity index (χ0n) is 16.1. The van der Waals surface area contributed by atoms with Gasteiger partial charge in [-0.2, -0.15) is 0 Å². The molecule has 2 atom stereocenters. The first-order chi connectivity index (χ1) is 11.2. The Hall–Kier alpha value is -1.06. The van der Waals surface area contributed by atoms with Crippen molar-refractivity contribution in [2.24, 2.45) is 29.1 Å². The van der Waals surface area contributed by atoms with Gasteiger partial charge in [-0.3, -0.25) is 9.59 Å². The normalized spacial score (nSPS) is 32.5. The monoisotopic (exact) mass is 338 g/mol. The number of rotatable bonds is 6. The molecule has 2 bridgehead atoms. The van der Waals surface area contributed by atoms with Crippen molar-refractivity contribution in [2.75, 3.05) is 0 Å². The van der Waals surface area contributed by atoms with Gasteiger partial charge in [0.05, 0.1) is 24.0 Å². The second-order valence-corrected chi connectivity index (χ2v) is 8.77. The zero-order chi connectivity index (χ0) is 18.1. The summed E-state index contributed by atoms with van der Waals surface area (Å²) in [5, 5.41) is 0. The molecule has 3 saturated carbocycles. The lowest BCUT2D eigenvalue weighted by atomic mass is 9.48. The first-order valence-corrected chi connectivity index (χ1v) is 9.57. The molecule has 0 aromatic carbocycles. The van der Waals surface area contributed by atoms with Crippen LogP contribution in [0.25, 0.3) is 0 Å². The predicted molar refractivity (Wildman–Crippen MR) is 93.3 cm³/mol. The van der Waals surface area contributed by atoms with Gasteiger partial charge in [-0.25, -0.2) is 0 Å².